The highest BCUT2D eigenvalue weighted by molar-refractivity contribution is 7.91. The normalized spacial score (nSPS) is 26.6. The molecule has 20 heavy (non-hydrogen) atoms. The molecule has 0 radical (unpaired) electrons. The lowest BCUT2D eigenvalue weighted by atomic mass is 9.77. The quantitative estimate of drug-likeness (QED) is 0.832. The maximum Gasteiger partial charge on any atom is 0.151 e. The average Bonchev–Trinajstić information content (AvgIpc) is 2.76. The van der Waals surface area contributed by atoms with Gasteiger partial charge in [-0.3, -0.25) is 0 Å². The zero-order valence-electron chi connectivity index (χ0n) is 11.6. The van der Waals surface area contributed by atoms with Crippen LogP contribution in [0, 0.1) is 5.41 Å². The van der Waals surface area contributed by atoms with Gasteiger partial charge in [0, 0.05) is 19.1 Å². The van der Waals surface area contributed by atoms with Gasteiger partial charge in [-0.15, -0.1) is 0 Å². The van der Waals surface area contributed by atoms with Gasteiger partial charge in [-0.25, -0.2) is 8.42 Å². The van der Waals surface area contributed by atoms with Crippen LogP contribution in [0.4, 0.5) is 0 Å². The first-order valence-electron chi connectivity index (χ1n) is 6.59. The van der Waals surface area contributed by atoms with Crippen molar-refractivity contribution in [1.29, 1.82) is 0 Å². The molecule has 6 heteroatoms. The topological polar surface area (TPSA) is 89.6 Å². The van der Waals surface area contributed by atoms with Crippen LogP contribution in [0.1, 0.15) is 23.7 Å². The minimum atomic E-state index is -3.12. The first-order valence-corrected chi connectivity index (χ1v) is 8.41. The van der Waals surface area contributed by atoms with Crippen molar-refractivity contribution in [3.05, 3.63) is 35.4 Å². The second-order valence-corrected chi connectivity index (χ2v) is 7.63. The number of nitrogens with two attached hydrogens (primary N) is 1. The largest absolute Gasteiger partial charge is 0.388 e. The fourth-order valence-electron chi connectivity index (χ4n) is 2.85. The van der Waals surface area contributed by atoms with Crippen LogP contribution in [0.25, 0.3) is 0 Å². The Hall–Kier alpha value is -0.950. The van der Waals surface area contributed by atoms with Crippen LogP contribution in [-0.2, 0) is 21.2 Å². The zero-order chi connectivity index (χ0) is 14.8. The molecule has 0 aromatic heterocycles. The summed E-state index contributed by atoms with van der Waals surface area (Å²) in [5, 5.41) is 10.7. The second-order valence-electron chi connectivity index (χ2n) is 5.44. The van der Waals surface area contributed by atoms with Gasteiger partial charge in [-0.05, 0) is 17.5 Å². The Bertz CT molecular complexity index is 572. The number of methoxy groups -OCH3 is 1. The van der Waals surface area contributed by atoms with E-state index in [2.05, 4.69) is 0 Å². The Kier molecular flexibility index (Phi) is 4.49. The molecule has 0 aliphatic carbocycles. The molecule has 0 bridgehead atoms. The van der Waals surface area contributed by atoms with E-state index in [4.69, 9.17) is 10.5 Å². The number of hydrogen-bond donors (Lipinski definition) is 2. The predicted octanol–water partition coefficient (Wildman–Crippen LogP) is 0.630. The van der Waals surface area contributed by atoms with Crippen molar-refractivity contribution in [2.75, 3.05) is 25.2 Å². The van der Waals surface area contributed by atoms with Crippen LogP contribution in [0.3, 0.4) is 0 Å². The monoisotopic (exact) mass is 299 g/mol. The van der Waals surface area contributed by atoms with E-state index in [1.54, 1.807) is 13.2 Å². The van der Waals surface area contributed by atoms with Crippen molar-refractivity contribution < 1.29 is 18.3 Å². The highest BCUT2D eigenvalue weighted by Gasteiger charge is 2.47. The van der Waals surface area contributed by atoms with Crippen molar-refractivity contribution in [2.45, 2.75) is 19.1 Å². The first kappa shape index (κ1) is 15.4. The standard InChI is InChI=1S/C14H21NO4S/c1-19-8-11-4-2-3-5-12(11)13(16)14(9-15)6-7-20(17,18)10-14/h2-5,13,16H,6-10,15H2,1H3. The summed E-state index contributed by atoms with van der Waals surface area (Å²) < 4.78 is 28.6. The van der Waals surface area contributed by atoms with Gasteiger partial charge >= 0.3 is 0 Å². The summed E-state index contributed by atoms with van der Waals surface area (Å²) in [6, 6.07) is 7.37. The molecule has 0 amide bonds. The zero-order valence-corrected chi connectivity index (χ0v) is 12.4. The molecule has 112 valence electrons. The van der Waals surface area contributed by atoms with Crippen LogP contribution in [0.15, 0.2) is 24.3 Å². The molecule has 2 unspecified atom stereocenters. The molecule has 1 aromatic rings. The molecule has 0 saturated carbocycles. The Labute approximate surface area is 119 Å². The van der Waals surface area contributed by atoms with Gasteiger partial charge in [-0.1, -0.05) is 24.3 Å². The highest BCUT2D eigenvalue weighted by Crippen LogP contribution is 2.43. The summed E-state index contributed by atoms with van der Waals surface area (Å²) in [5.74, 6) is 0.0344. The minimum Gasteiger partial charge on any atom is -0.388 e. The van der Waals surface area contributed by atoms with E-state index >= 15 is 0 Å². The minimum absolute atomic E-state index is 0.0566. The fourth-order valence-corrected chi connectivity index (χ4v) is 5.00. The molecule has 1 aliphatic heterocycles. The van der Waals surface area contributed by atoms with Crippen molar-refractivity contribution in [3.63, 3.8) is 0 Å². The number of aliphatic hydroxyl groups excluding tert-OH is 1. The van der Waals surface area contributed by atoms with Crippen LogP contribution in [-0.4, -0.2) is 38.7 Å². The van der Waals surface area contributed by atoms with E-state index in [-0.39, 0.29) is 18.1 Å². The van der Waals surface area contributed by atoms with Gasteiger partial charge in [-0.2, -0.15) is 0 Å². The fraction of sp³-hybridized carbons (Fsp3) is 0.571. The molecule has 1 aromatic carbocycles. The Balaban J connectivity index is 2.37. The summed E-state index contributed by atoms with van der Waals surface area (Å²) in [6.45, 7) is 0.523. The average molecular weight is 299 g/mol. The first-order chi connectivity index (χ1) is 9.44. The van der Waals surface area contributed by atoms with Crippen LogP contribution < -0.4 is 5.73 Å². The maximum absolute atomic E-state index is 11.8. The Morgan fingerprint density at radius 2 is 2.15 bits per heavy atom. The third-order valence-electron chi connectivity index (χ3n) is 4.05. The van der Waals surface area contributed by atoms with Gasteiger partial charge in [0.25, 0.3) is 0 Å². The van der Waals surface area contributed by atoms with Gasteiger partial charge < -0.3 is 15.6 Å². The third-order valence-corrected chi connectivity index (χ3v) is 5.90. The van der Waals surface area contributed by atoms with Crippen molar-refractivity contribution in [1.82, 2.24) is 0 Å². The van der Waals surface area contributed by atoms with Crippen LogP contribution in [0.2, 0.25) is 0 Å². The van der Waals surface area contributed by atoms with Crippen molar-refractivity contribution in [3.8, 4) is 0 Å². The third kappa shape index (κ3) is 2.88. The van der Waals surface area contributed by atoms with E-state index in [1.165, 1.54) is 0 Å². The number of aliphatic hydroxyl groups is 1. The number of benzene rings is 1. The van der Waals surface area contributed by atoms with E-state index in [9.17, 15) is 13.5 Å². The van der Waals surface area contributed by atoms with E-state index < -0.39 is 21.4 Å². The molecule has 1 saturated heterocycles. The summed E-state index contributed by atoms with van der Waals surface area (Å²) in [6.07, 6.45) is -0.495. The van der Waals surface area contributed by atoms with Gasteiger partial charge in [0.1, 0.15) is 0 Å². The number of hydrogen-bond acceptors (Lipinski definition) is 5. The summed E-state index contributed by atoms with van der Waals surface area (Å²) in [5.41, 5.74) is 6.57. The van der Waals surface area contributed by atoms with Crippen LogP contribution in [0.5, 0.6) is 0 Å². The number of rotatable bonds is 5. The molecule has 5 nitrogen and oxygen atoms in total. The lowest BCUT2D eigenvalue weighted by molar-refractivity contribution is 0.0448. The molecule has 0 spiro atoms. The van der Waals surface area contributed by atoms with Crippen LogP contribution >= 0.6 is 0 Å². The van der Waals surface area contributed by atoms with Gasteiger partial charge in [0.15, 0.2) is 9.84 Å². The molecule has 1 aliphatic rings. The Morgan fingerprint density at radius 1 is 1.45 bits per heavy atom. The molecule has 1 heterocycles. The lowest BCUT2D eigenvalue weighted by Crippen LogP contribution is -2.38. The summed E-state index contributed by atoms with van der Waals surface area (Å²) in [7, 11) is -1.53. The SMILES string of the molecule is COCc1ccccc1C(O)C1(CN)CCS(=O)(=O)C1. The van der Waals surface area contributed by atoms with E-state index in [1.807, 2.05) is 18.2 Å². The lowest BCUT2D eigenvalue weighted by Gasteiger charge is -2.33. The summed E-state index contributed by atoms with van der Waals surface area (Å²) >= 11 is 0. The van der Waals surface area contributed by atoms with E-state index in [0.717, 1.165) is 5.56 Å². The Morgan fingerprint density at radius 3 is 2.70 bits per heavy atom. The number of sulfone groups is 1. The van der Waals surface area contributed by atoms with Crippen molar-refractivity contribution >= 4 is 9.84 Å². The van der Waals surface area contributed by atoms with E-state index in [0.29, 0.717) is 18.6 Å². The predicted molar refractivity (Wildman–Crippen MR) is 76.9 cm³/mol. The molecular formula is C14H21NO4S. The molecular weight excluding hydrogens is 278 g/mol. The molecule has 1 fully saturated rings. The molecule has 2 rings (SSSR count). The smallest absolute Gasteiger partial charge is 0.151 e. The second kappa shape index (κ2) is 5.81. The summed E-state index contributed by atoms with van der Waals surface area (Å²) in [4.78, 5) is 0. The molecule has 2 atom stereocenters. The molecule has 3 N–H and O–H groups in total. The van der Waals surface area contributed by atoms with Crippen molar-refractivity contribution in [2.24, 2.45) is 11.1 Å². The highest BCUT2D eigenvalue weighted by atomic mass is 32.2. The number of ether oxygens (including phenoxy) is 1. The van der Waals surface area contributed by atoms with Gasteiger partial charge in [0.2, 0.25) is 0 Å². The van der Waals surface area contributed by atoms with Gasteiger partial charge in [0.05, 0.1) is 24.2 Å². The maximum atomic E-state index is 11.8.